The van der Waals surface area contributed by atoms with Crippen molar-refractivity contribution in [3.05, 3.63) is 29.3 Å². The van der Waals surface area contributed by atoms with Crippen molar-refractivity contribution in [2.45, 2.75) is 57.5 Å². The summed E-state index contributed by atoms with van der Waals surface area (Å²) in [6.45, 7) is 2.32. The highest BCUT2D eigenvalue weighted by Crippen LogP contribution is 2.60. The Labute approximate surface area is 120 Å². The fourth-order valence-electron chi connectivity index (χ4n) is 5.54. The molecule has 2 heteroatoms. The highest BCUT2D eigenvalue weighted by Gasteiger charge is 2.54. The lowest BCUT2D eigenvalue weighted by Crippen LogP contribution is -2.43. The first-order valence-electron chi connectivity index (χ1n) is 8.09. The van der Waals surface area contributed by atoms with Crippen LogP contribution in [0.1, 0.15) is 56.1 Å². The van der Waals surface area contributed by atoms with E-state index in [1.54, 1.807) is 0 Å². The van der Waals surface area contributed by atoms with Crippen LogP contribution in [0.15, 0.2) is 18.2 Å². The standard InChI is InChI=1S/C18H24O2/c1-18-9-8-14-13-5-3-12(19)10-11(13)2-4-15(14)16(18)6-7-17(18)20/h3,5,10,14-17,19-20H,2,4,6-9H2,1H3/t14-,15-,16+,17?,18+/m1/s1/i6+1,7+1,16+1. The van der Waals surface area contributed by atoms with Crippen LogP contribution in [0.4, 0.5) is 0 Å². The molecule has 1 aromatic carbocycles. The van der Waals surface area contributed by atoms with Crippen molar-refractivity contribution < 1.29 is 10.2 Å². The number of hydrogen-bond donors (Lipinski definition) is 2. The zero-order valence-electron chi connectivity index (χ0n) is 12.2. The van der Waals surface area contributed by atoms with Crippen molar-refractivity contribution in [2.75, 3.05) is 0 Å². The van der Waals surface area contributed by atoms with Crippen LogP contribution < -0.4 is 0 Å². The third kappa shape index (κ3) is 1.60. The van der Waals surface area contributed by atoms with Crippen LogP contribution in [0.25, 0.3) is 0 Å². The average Bonchev–Trinajstić information content (AvgIpc) is 2.74. The number of phenolic OH excluding ortho intramolecular Hbond substituents is 1. The number of fused-ring (bicyclic) bond motifs is 5. The molecule has 0 aromatic heterocycles. The number of aliphatic hydroxyl groups excluding tert-OH is 1. The molecule has 3 aliphatic rings. The minimum absolute atomic E-state index is 0.0883. The molecule has 4 rings (SSSR count). The maximum atomic E-state index is 10.4. The molecule has 2 nitrogen and oxygen atoms in total. The van der Waals surface area contributed by atoms with Crippen molar-refractivity contribution >= 4 is 0 Å². The number of aliphatic hydroxyl groups is 1. The van der Waals surface area contributed by atoms with E-state index in [4.69, 9.17) is 0 Å². The molecule has 0 amide bonds. The molecule has 0 aliphatic heterocycles. The quantitative estimate of drug-likeness (QED) is 0.710. The van der Waals surface area contributed by atoms with E-state index in [-0.39, 0.29) is 11.5 Å². The first kappa shape index (κ1) is 12.7. The van der Waals surface area contributed by atoms with Gasteiger partial charge in [-0.05, 0) is 85.0 Å². The van der Waals surface area contributed by atoms with Crippen LogP contribution in [0.2, 0.25) is 0 Å². The van der Waals surface area contributed by atoms with E-state index in [0.717, 1.165) is 25.2 Å². The molecule has 20 heavy (non-hydrogen) atoms. The maximum absolute atomic E-state index is 10.4. The van der Waals surface area contributed by atoms with Gasteiger partial charge in [-0.15, -0.1) is 0 Å². The summed E-state index contributed by atoms with van der Waals surface area (Å²) in [5.74, 6) is 2.49. The third-order valence-electron chi connectivity index (χ3n) is 6.66. The first-order valence-corrected chi connectivity index (χ1v) is 8.09. The SMILES string of the molecule is C[C@]12CC[C@@H]3c4ccc(O)cc4CC[C@H]3[13C@@H]1[13CH2][13CH2]C2O. The lowest BCUT2D eigenvalue weighted by atomic mass is 9.66. The van der Waals surface area contributed by atoms with Gasteiger partial charge in [0, 0.05) is 0 Å². The van der Waals surface area contributed by atoms with Gasteiger partial charge in [0.15, 0.2) is 0 Å². The van der Waals surface area contributed by atoms with Gasteiger partial charge in [0.2, 0.25) is 0 Å². The second-order valence-corrected chi connectivity index (χ2v) is 7.44. The molecule has 0 heterocycles. The van der Waals surface area contributed by atoms with Crippen LogP contribution in [0, 0.1) is 17.3 Å². The Morgan fingerprint density at radius 1 is 1.15 bits per heavy atom. The Hall–Kier alpha value is -1.02. The molecule has 5 atom stereocenters. The summed E-state index contributed by atoms with van der Waals surface area (Å²) >= 11 is 0. The molecule has 2 saturated carbocycles. The predicted octanol–water partition coefficient (Wildman–Crippen LogP) is 3.61. The monoisotopic (exact) mass is 275 g/mol. The molecular weight excluding hydrogens is 251 g/mol. The van der Waals surface area contributed by atoms with E-state index in [0.29, 0.717) is 17.6 Å². The topological polar surface area (TPSA) is 40.5 Å². The summed E-state index contributed by atoms with van der Waals surface area (Å²) in [5.41, 5.74) is 2.99. The van der Waals surface area contributed by atoms with Crippen molar-refractivity contribution in [1.82, 2.24) is 0 Å². The summed E-state index contributed by atoms with van der Waals surface area (Å²) in [7, 11) is 0. The zero-order chi connectivity index (χ0) is 13.9. The Kier molecular flexibility index (Phi) is 2.69. The lowest BCUT2D eigenvalue weighted by Gasteiger charge is -2.50. The van der Waals surface area contributed by atoms with Crippen molar-refractivity contribution in [3.63, 3.8) is 0 Å². The molecule has 0 spiro atoms. The summed E-state index contributed by atoms with van der Waals surface area (Å²) in [6.07, 6.45) is 6.78. The largest absolute Gasteiger partial charge is 0.508 e. The van der Waals surface area contributed by atoms with Crippen LogP contribution in [-0.2, 0) is 6.42 Å². The van der Waals surface area contributed by atoms with Crippen LogP contribution in [0.3, 0.4) is 0 Å². The van der Waals surface area contributed by atoms with E-state index < -0.39 is 0 Å². The average molecular weight is 275 g/mol. The molecule has 1 aromatic rings. The second kappa shape index (κ2) is 4.24. The molecular formula is C18H24O2. The number of hydrogen-bond acceptors (Lipinski definition) is 2. The highest BCUT2D eigenvalue weighted by atomic mass is 16.3. The number of aryl methyl sites for hydroxylation is 1. The Morgan fingerprint density at radius 3 is 2.85 bits per heavy atom. The zero-order valence-corrected chi connectivity index (χ0v) is 12.2. The first-order chi connectivity index (χ1) is 9.59. The Bertz CT molecular complexity index is 538. The van der Waals surface area contributed by atoms with Crippen molar-refractivity contribution in [1.29, 1.82) is 0 Å². The van der Waals surface area contributed by atoms with Crippen molar-refractivity contribution in [3.8, 4) is 5.75 Å². The van der Waals surface area contributed by atoms with E-state index in [9.17, 15) is 10.2 Å². The van der Waals surface area contributed by atoms with E-state index in [1.807, 2.05) is 12.1 Å². The molecule has 2 N–H and O–H groups in total. The minimum atomic E-state index is -0.0883. The fraction of sp³-hybridized carbons (Fsp3) is 0.667. The van der Waals surface area contributed by atoms with Crippen molar-refractivity contribution in [2.24, 2.45) is 17.3 Å². The molecule has 3 aliphatic carbocycles. The summed E-state index contributed by atoms with van der Waals surface area (Å²) in [4.78, 5) is 0. The minimum Gasteiger partial charge on any atom is -0.508 e. The van der Waals surface area contributed by atoms with Crippen LogP contribution in [0.5, 0.6) is 5.75 Å². The van der Waals surface area contributed by atoms with Crippen LogP contribution in [-0.4, -0.2) is 16.3 Å². The molecule has 0 bridgehead atoms. The number of aromatic hydroxyl groups is 1. The van der Waals surface area contributed by atoms with Gasteiger partial charge in [-0.2, -0.15) is 0 Å². The van der Waals surface area contributed by atoms with Crippen LogP contribution >= 0.6 is 0 Å². The predicted molar refractivity (Wildman–Crippen MR) is 78.7 cm³/mol. The van der Waals surface area contributed by atoms with Gasteiger partial charge in [0.25, 0.3) is 0 Å². The molecule has 2 fully saturated rings. The second-order valence-electron chi connectivity index (χ2n) is 7.44. The lowest BCUT2D eigenvalue weighted by molar-refractivity contribution is -0.0226. The molecule has 1 unspecified atom stereocenters. The van der Waals surface area contributed by atoms with Gasteiger partial charge < -0.3 is 10.2 Å². The summed E-state index contributed by atoms with van der Waals surface area (Å²) in [5, 5.41) is 20.0. The highest BCUT2D eigenvalue weighted by molar-refractivity contribution is 5.40. The Balaban J connectivity index is 1.71. The van der Waals surface area contributed by atoms with Gasteiger partial charge in [0.1, 0.15) is 5.75 Å². The van der Waals surface area contributed by atoms with E-state index in [2.05, 4.69) is 13.0 Å². The third-order valence-corrected chi connectivity index (χ3v) is 6.66. The number of phenols is 1. The summed E-state index contributed by atoms with van der Waals surface area (Å²) in [6, 6.07) is 5.96. The maximum Gasteiger partial charge on any atom is 0.115 e. The normalized spacial score (nSPS) is 42.7. The number of rotatable bonds is 0. The van der Waals surface area contributed by atoms with Gasteiger partial charge in [-0.1, -0.05) is 13.0 Å². The van der Waals surface area contributed by atoms with E-state index in [1.165, 1.54) is 30.4 Å². The fourth-order valence-corrected chi connectivity index (χ4v) is 5.54. The van der Waals surface area contributed by atoms with Gasteiger partial charge in [-0.25, -0.2) is 0 Å². The smallest absolute Gasteiger partial charge is 0.115 e. The number of benzene rings is 1. The Morgan fingerprint density at radius 2 is 2.00 bits per heavy atom. The van der Waals surface area contributed by atoms with Gasteiger partial charge >= 0.3 is 0 Å². The molecule has 0 radical (unpaired) electrons. The van der Waals surface area contributed by atoms with Gasteiger partial charge in [-0.3, -0.25) is 0 Å². The molecule has 108 valence electrons. The van der Waals surface area contributed by atoms with E-state index >= 15 is 0 Å². The summed E-state index contributed by atoms with van der Waals surface area (Å²) < 4.78 is 0. The van der Waals surface area contributed by atoms with Gasteiger partial charge in [0.05, 0.1) is 6.10 Å². The molecule has 0 saturated heterocycles.